The molecule has 16 heavy (non-hydrogen) atoms. The molecule has 0 radical (unpaired) electrons. The van der Waals surface area contributed by atoms with Crippen LogP contribution in [0.25, 0.3) is 0 Å². The van der Waals surface area contributed by atoms with Crippen LogP contribution in [0.5, 0.6) is 0 Å². The minimum Gasteiger partial charge on any atom is -0.327 e. The Balaban J connectivity index is 2.25. The van der Waals surface area contributed by atoms with E-state index in [-0.39, 0.29) is 11.5 Å². The van der Waals surface area contributed by atoms with Gasteiger partial charge in [-0.05, 0) is 36.3 Å². The second kappa shape index (κ2) is 4.17. The number of fused-ring (bicyclic) bond motifs is 1. The lowest BCUT2D eigenvalue weighted by atomic mass is 9.75. The Bertz CT molecular complexity index is 371. The summed E-state index contributed by atoms with van der Waals surface area (Å²) in [6, 6.07) is 4.43. The molecule has 1 aromatic heterocycles. The summed E-state index contributed by atoms with van der Waals surface area (Å²) in [4.78, 5) is 4.53. The van der Waals surface area contributed by atoms with Crippen molar-refractivity contribution in [3.63, 3.8) is 0 Å². The van der Waals surface area contributed by atoms with Gasteiger partial charge in [0.05, 0.1) is 0 Å². The summed E-state index contributed by atoms with van der Waals surface area (Å²) >= 11 is 0. The highest BCUT2D eigenvalue weighted by Crippen LogP contribution is 2.40. The minimum atomic E-state index is 0.198. The molecule has 2 atom stereocenters. The fraction of sp³-hybridized carbons (Fsp3) is 0.643. The van der Waals surface area contributed by atoms with Crippen LogP contribution in [-0.2, 0) is 6.42 Å². The normalized spacial score (nSPS) is 21.9. The topological polar surface area (TPSA) is 38.9 Å². The van der Waals surface area contributed by atoms with Gasteiger partial charge < -0.3 is 5.73 Å². The third-order valence-corrected chi connectivity index (χ3v) is 4.25. The molecule has 2 heteroatoms. The second-order valence-electron chi connectivity index (χ2n) is 5.56. The molecule has 1 aromatic rings. The number of pyridine rings is 1. The number of hydrogen-bond acceptors (Lipinski definition) is 2. The van der Waals surface area contributed by atoms with E-state index in [1.807, 2.05) is 12.3 Å². The molecule has 0 fully saturated rings. The lowest BCUT2D eigenvalue weighted by Crippen LogP contribution is -2.41. The molecule has 0 aliphatic heterocycles. The minimum absolute atomic E-state index is 0.198. The van der Waals surface area contributed by atoms with Crippen molar-refractivity contribution < 1.29 is 0 Å². The zero-order chi connectivity index (χ0) is 11.8. The summed E-state index contributed by atoms with van der Waals surface area (Å²) in [5.41, 5.74) is 9.29. The van der Waals surface area contributed by atoms with E-state index in [2.05, 4.69) is 31.8 Å². The van der Waals surface area contributed by atoms with Crippen molar-refractivity contribution in [3.05, 3.63) is 29.6 Å². The zero-order valence-corrected chi connectivity index (χ0v) is 10.5. The van der Waals surface area contributed by atoms with Crippen molar-refractivity contribution >= 4 is 0 Å². The first-order valence-corrected chi connectivity index (χ1v) is 6.25. The van der Waals surface area contributed by atoms with Gasteiger partial charge in [-0.15, -0.1) is 0 Å². The molecule has 1 heterocycles. The predicted molar refractivity (Wildman–Crippen MR) is 67.3 cm³/mol. The molecule has 0 saturated heterocycles. The van der Waals surface area contributed by atoms with E-state index in [4.69, 9.17) is 5.73 Å². The maximum Gasteiger partial charge on any atom is 0.0482 e. The van der Waals surface area contributed by atoms with Crippen LogP contribution in [0.2, 0.25) is 0 Å². The molecular weight excluding hydrogens is 196 g/mol. The molecule has 0 saturated carbocycles. The van der Waals surface area contributed by atoms with Crippen LogP contribution in [0.4, 0.5) is 0 Å². The average molecular weight is 218 g/mol. The third kappa shape index (κ3) is 1.86. The number of aryl methyl sites for hydroxylation is 1. The van der Waals surface area contributed by atoms with Gasteiger partial charge in [0, 0.05) is 23.9 Å². The van der Waals surface area contributed by atoms with Gasteiger partial charge in [-0.25, -0.2) is 0 Å². The first-order valence-electron chi connectivity index (χ1n) is 6.25. The molecule has 1 aliphatic rings. The first kappa shape index (κ1) is 11.6. The summed E-state index contributed by atoms with van der Waals surface area (Å²) in [6.07, 6.45) is 5.31. The molecule has 2 nitrogen and oxygen atoms in total. The maximum absolute atomic E-state index is 6.44. The highest BCUT2D eigenvalue weighted by molar-refractivity contribution is 5.30. The van der Waals surface area contributed by atoms with Crippen molar-refractivity contribution in [3.8, 4) is 0 Å². The first-order chi connectivity index (χ1) is 7.56. The Hall–Kier alpha value is -0.890. The number of hydrogen-bond donors (Lipinski definition) is 1. The highest BCUT2D eigenvalue weighted by Gasteiger charge is 2.36. The molecule has 2 N–H and O–H groups in total. The van der Waals surface area contributed by atoms with Gasteiger partial charge in [0.25, 0.3) is 0 Å². The van der Waals surface area contributed by atoms with Crippen LogP contribution in [-0.4, -0.2) is 11.0 Å². The summed E-state index contributed by atoms with van der Waals surface area (Å²) in [5, 5.41) is 0. The number of rotatable bonds is 3. The lowest BCUT2D eigenvalue weighted by molar-refractivity contribution is 0.239. The van der Waals surface area contributed by atoms with Gasteiger partial charge in [0.2, 0.25) is 0 Å². The fourth-order valence-electron chi connectivity index (χ4n) is 2.57. The molecular formula is C14H22N2. The van der Waals surface area contributed by atoms with Crippen molar-refractivity contribution in [1.82, 2.24) is 4.98 Å². The van der Waals surface area contributed by atoms with E-state index in [1.54, 1.807) is 0 Å². The fourth-order valence-corrected chi connectivity index (χ4v) is 2.57. The second-order valence-corrected chi connectivity index (χ2v) is 5.56. The Kier molecular flexibility index (Phi) is 3.02. The van der Waals surface area contributed by atoms with Crippen molar-refractivity contribution in [2.45, 2.75) is 52.0 Å². The zero-order valence-electron chi connectivity index (χ0n) is 10.5. The van der Waals surface area contributed by atoms with Crippen LogP contribution in [0.3, 0.4) is 0 Å². The Morgan fingerprint density at radius 3 is 3.00 bits per heavy atom. The van der Waals surface area contributed by atoms with Crippen molar-refractivity contribution in [1.29, 1.82) is 0 Å². The van der Waals surface area contributed by atoms with Crippen LogP contribution in [0.1, 0.15) is 50.8 Å². The summed E-state index contributed by atoms with van der Waals surface area (Å²) in [5.74, 6) is 0.450. The van der Waals surface area contributed by atoms with E-state index in [0.29, 0.717) is 5.92 Å². The third-order valence-electron chi connectivity index (χ3n) is 4.25. The van der Waals surface area contributed by atoms with Crippen LogP contribution in [0, 0.1) is 5.41 Å². The number of nitrogens with two attached hydrogens (primary N) is 1. The van der Waals surface area contributed by atoms with Crippen LogP contribution in [0.15, 0.2) is 18.3 Å². The molecule has 1 aliphatic carbocycles. The molecule has 0 amide bonds. The van der Waals surface area contributed by atoms with E-state index in [0.717, 1.165) is 19.3 Å². The lowest BCUT2D eigenvalue weighted by Gasteiger charge is -2.34. The van der Waals surface area contributed by atoms with E-state index >= 15 is 0 Å². The summed E-state index contributed by atoms with van der Waals surface area (Å²) in [7, 11) is 0. The smallest absolute Gasteiger partial charge is 0.0482 e. The van der Waals surface area contributed by atoms with Gasteiger partial charge >= 0.3 is 0 Å². The molecule has 88 valence electrons. The summed E-state index contributed by atoms with van der Waals surface area (Å²) < 4.78 is 0. The van der Waals surface area contributed by atoms with Gasteiger partial charge in [0.15, 0.2) is 0 Å². The summed E-state index contributed by atoms with van der Waals surface area (Å²) in [6.45, 7) is 6.74. The maximum atomic E-state index is 6.44. The Morgan fingerprint density at radius 2 is 2.31 bits per heavy atom. The highest BCUT2D eigenvalue weighted by atomic mass is 14.8. The van der Waals surface area contributed by atoms with Gasteiger partial charge in [-0.3, -0.25) is 4.98 Å². The van der Waals surface area contributed by atoms with Gasteiger partial charge in [-0.1, -0.05) is 26.8 Å². The Morgan fingerprint density at radius 1 is 1.56 bits per heavy atom. The number of nitrogens with zero attached hydrogens (tertiary/aromatic N) is 1. The van der Waals surface area contributed by atoms with Crippen LogP contribution < -0.4 is 5.73 Å². The van der Waals surface area contributed by atoms with E-state index in [9.17, 15) is 0 Å². The average Bonchev–Trinajstić information content (AvgIpc) is 2.71. The molecule has 2 rings (SSSR count). The van der Waals surface area contributed by atoms with E-state index < -0.39 is 0 Å². The van der Waals surface area contributed by atoms with Crippen molar-refractivity contribution in [2.75, 3.05) is 0 Å². The molecule has 0 aromatic carbocycles. The standard InChI is InChI=1S/C14H22N2/c1-4-14(2,3)13(15)11-8-7-10-6-5-9-16-12(10)11/h5-6,9,11,13H,4,7-8,15H2,1-3H3. The van der Waals surface area contributed by atoms with E-state index in [1.165, 1.54) is 11.3 Å². The quantitative estimate of drug-likeness (QED) is 0.847. The molecule has 0 bridgehead atoms. The predicted octanol–water partition coefficient (Wildman–Crippen LogP) is 2.87. The number of aromatic nitrogens is 1. The molecule has 0 spiro atoms. The molecule has 2 unspecified atom stereocenters. The monoisotopic (exact) mass is 218 g/mol. The van der Waals surface area contributed by atoms with Crippen LogP contribution >= 0.6 is 0 Å². The van der Waals surface area contributed by atoms with Crippen molar-refractivity contribution in [2.24, 2.45) is 11.1 Å². The largest absolute Gasteiger partial charge is 0.327 e. The van der Waals surface area contributed by atoms with Gasteiger partial charge in [0.1, 0.15) is 0 Å². The van der Waals surface area contributed by atoms with Gasteiger partial charge in [-0.2, -0.15) is 0 Å². The Labute approximate surface area is 98.3 Å². The SMILES string of the molecule is CCC(C)(C)C(N)C1CCc2cccnc21.